The Morgan fingerprint density at radius 3 is 3.00 bits per heavy atom. The molecule has 0 atom stereocenters. The number of rotatable bonds is 3. The maximum Gasteiger partial charge on any atom is 0.358 e. The molecule has 0 bridgehead atoms. The van der Waals surface area contributed by atoms with Gasteiger partial charge in [0.15, 0.2) is 12.1 Å². The first kappa shape index (κ1) is 10.4. The maximum absolute atomic E-state index is 10.8. The Kier molecular flexibility index (Phi) is 2.72. The molecule has 4 nitrogen and oxygen atoms in total. The van der Waals surface area contributed by atoms with Gasteiger partial charge in [-0.3, -0.25) is 0 Å². The van der Waals surface area contributed by atoms with Crippen molar-refractivity contribution in [2.75, 3.05) is 0 Å². The van der Waals surface area contributed by atoms with E-state index < -0.39 is 5.97 Å². The molecule has 0 saturated heterocycles. The first-order chi connectivity index (χ1) is 7.66. The molecule has 2 rings (SSSR count). The van der Waals surface area contributed by atoms with Gasteiger partial charge < -0.3 is 9.52 Å². The molecule has 4 heteroatoms. The van der Waals surface area contributed by atoms with E-state index in [9.17, 15) is 4.79 Å². The molecule has 0 amide bonds. The highest BCUT2D eigenvalue weighted by Gasteiger charge is 2.15. The summed E-state index contributed by atoms with van der Waals surface area (Å²) in [4.78, 5) is 14.5. The summed E-state index contributed by atoms with van der Waals surface area (Å²) >= 11 is 0. The van der Waals surface area contributed by atoms with E-state index in [1.807, 2.05) is 31.2 Å². The van der Waals surface area contributed by atoms with Crippen molar-refractivity contribution in [1.29, 1.82) is 0 Å². The largest absolute Gasteiger partial charge is 0.476 e. The number of oxazole rings is 1. The summed E-state index contributed by atoms with van der Waals surface area (Å²) in [5.74, 6) is -0.672. The molecule has 0 unspecified atom stereocenters. The number of benzene rings is 1. The Morgan fingerprint density at radius 1 is 1.50 bits per heavy atom. The average Bonchev–Trinajstić information content (AvgIpc) is 2.66. The Labute approximate surface area is 92.6 Å². The Bertz CT molecular complexity index is 516. The van der Waals surface area contributed by atoms with Crippen LogP contribution in [-0.2, 0) is 6.42 Å². The van der Waals surface area contributed by atoms with Gasteiger partial charge in [-0.15, -0.1) is 0 Å². The second-order valence-electron chi connectivity index (χ2n) is 3.60. The highest BCUT2D eigenvalue weighted by atomic mass is 16.4. The monoisotopic (exact) mass is 217 g/mol. The van der Waals surface area contributed by atoms with Crippen LogP contribution >= 0.6 is 0 Å². The lowest BCUT2D eigenvalue weighted by molar-refractivity contribution is 0.0689. The molecule has 0 radical (unpaired) electrons. The highest BCUT2D eigenvalue weighted by Crippen LogP contribution is 2.14. The van der Waals surface area contributed by atoms with Crippen LogP contribution in [0, 0.1) is 6.92 Å². The Morgan fingerprint density at radius 2 is 2.31 bits per heavy atom. The van der Waals surface area contributed by atoms with Gasteiger partial charge in [0.05, 0.1) is 0 Å². The van der Waals surface area contributed by atoms with Crippen molar-refractivity contribution < 1.29 is 14.3 Å². The van der Waals surface area contributed by atoms with E-state index in [1.165, 1.54) is 0 Å². The molecule has 16 heavy (non-hydrogen) atoms. The van der Waals surface area contributed by atoms with E-state index in [0.29, 0.717) is 12.2 Å². The van der Waals surface area contributed by atoms with Crippen LogP contribution in [-0.4, -0.2) is 16.1 Å². The van der Waals surface area contributed by atoms with Gasteiger partial charge in [0.25, 0.3) is 0 Å². The molecule has 0 aliphatic carbocycles. The zero-order valence-corrected chi connectivity index (χ0v) is 8.80. The van der Waals surface area contributed by atoms with Gasteiger partial charge in [-0.2, -0.15) is 0 Å². The number of carboxylic acid groups (broad SMARTS) is 1. The number of aromatic nitrogens is 1. The number of carbonyl (C=O) groups is 1. The zero-order valence-electron chi connectivity index (χ0n) is 8.80. The van der Waals surface area contributed by atoms with Gasteiger partial charge in [0, 0.05) is 6.42 Å². The second kappa shape index (κ2) is 4.18. The Hall–Kier alpha value is -2.10. The van der Waals surface area contributed by atoms with E-state index in [0.717, 1.165) is 17.5 Å². The van der Waals surface area contributed by atoms with Crippen LogP contribution in [0.3, 0.4) is 0 Å². The molecule has 1 aromatic carbocycles. The average molecular weight is 217 g/mol. The highest BCUT2D eigenvalue weighted by molar-refractivity contribution is 5.86. The summed E-state index contributed by atoms with van der Waals surface area (Å²) in [6.07, 6.45) is 1.61. The molecule has 0 saturated carbocycles. The van der Waals surface area contributed by atoms with Crippen molar-refractivity contribution in [2.45, 2.75) is 13.3 Å². The molecule has 0 spiro atoms. The minimum atomic E-state index is -1.06. The number of carboxylic acids is 1. The van der Waals surface area contributed by atoms with Gasteiger partial charge in [-0.25, -0.2) is 9.78 Å². The molecule has 82 valence electrons. The number of nitrogens with zero attached hydrogens (tertiary/aromatic N) is 1. The normalized spacial score (nSPS) is 10.3. The fourth-order valence-corrected chi connectivity index (χ4v) is 1.58. The number of aromatic carboxylic acids is 1. The third-order valence-electron chi connectivity index (χ3n) is 2.29. The summed E-state index contributed by atoms with van der Waals surface area (Å²) in [6, 6.07) is 7.85. The van der Waals surface area contributed by atoms with Crippen LogP contribution in [0.5, 0.6) is 0 Å². The van der Waals surface area contributed by atoms with Crippen LogP contribution in [0.4, 0.5) is 0 Å². The van der Waals surface area contributed by atoms with E-state index in [4.69, 9.17) is 9.52 Å². The SMILES string of the molecule is Cc1cccc(Cc2ocnc2C(=O)O)c1. The van der Waals surface area contributed by atoms with Gasteiger partial charge in [0.2, 0.25) is 0 Å². The van der Waals surface area contributed by atoms with E-state index in [-0.39, 0.29) is 5.69 Å². The zero-order chi connectivity index (χ0) is 11.5. The topological polar surface area (TPSA) is 63.3 Å². The molecule has 1 heterocycles. The molecule has 1 N–H and O–H groups in total. The maximum atomic E-state index is 10.8. The summed E-state index contributed by atoms with van der Waals surface area (Å²) in [7, 11) is 0. The summed E-state index contributed by atoms with van der Waals surface area (Å²) in [6.45, 7) is 1.99. The fraction of sp³-hybridized carbons (Fsp3) is 0.167. The molecule has 2 aromatic rings. The third-order valence-corrected chi connectivity index (χ3v) is 2.29. The molecular formula is C12H11NO3. The fourth-order valence-electron chi connectivity index (χ4n) is 1.58. The molecule has 0 aliphatic heterocycles. The number of hydrogen-bond donors (Lipinski definition) is 1. The van der Waals surface area contributed by atoms with Crippen molar-refractivity contribution in [3.05, 3.63) is 53.2 Å². The van der Waals surface area contributed by atoms with E-state index in [2.05, 4.69) is 4.98 Å². The number of hydrogen-bond acceptors (Lipinski definition) is 3. The molecule has 0 aliphatic rings. The summed E-state index contributed by atoms with van der Waals surface area (Å²) in [5, 5.41) is 8.86. The van der Waals surface area contributed by atoms with Crippen LogP contribution in [0.25, 0.3) is 0 Å². The van der Waals surface area contributed by atoms with Crippen molar-refractivity contribution in [2.24, 2.45) is 0 Å². The predicted molar refractivity (Wildman–Crippen MR) is 57.4 cm³/mol. The van der Waals surface area contributed by atoms with Crippen LogP contribution in [0.1, 0.15) is 27.4 Å². The lowest BCUT2D eigenvalue weighted by Crippen LogP contribution is -2.01. The van der Waals surface area contributed by atoms with Gasteiger partial charge in [0.1, 0.15) is 5.76 Å². The quantitative estimate of drug-likeness (QED) is 0.856. The first-order valence-corrected chi connectivity index (χ1v) is 4.88. The summed E-state index contributed by atoms with van der Waals surface area (Å²) < 4.78 is 5.08. The van der Waals surface area contributed by atoms with Gasteiger partial charge >= 0.3 is 5.97 Å². The van der Waals surface area contributed by atoms with Crippen molar-refractivity contribution in [3.63, 3.8) is 0 Å². The summed E-state index contributed by atoms with van der Waals surface area (Å²) in [5.41, 5.74) is 2.13. The standard InChI is InChI=1S/C12H11NO3/c1-8-3-2-4-9(5-8)6-10-11(12(14)15)13-7-16-10/h2-5,7H,6H2,1H3,(H,14,15). The minimum Gasteiger partial charge on any atom is -0.476 e. The van der Waals surface area contributed by atoms with E-state index in [1.54, 1.807) is 0 Å². The van der Waals surface area contributed by atoms with Crippen molar-refractivity contribution >= 4 is 5.97 Å². The van der Waals surface area contributed by atoms with Crippen LogP contribution < -0.4 is 0 Å². The minimum absolute atomic E-state index is 0.0125. The lowest BCUT2D eigenvalue weighted by Gasteiger charge is -2.00. The van der Waals surface area contributed by atoms with E-state index >= 15 is 0 Å². The predicted octanol–water partition coefficient (Wildman–Crippen LogP) is 2.27. The molecular weight excluding hydrogens is 206 g/mol. The Balaban J connectivity index is 2.27. The van der Waals surface area contributed by atoms with Crippen molar-refractivity contribution in [1.82, 2.24) is 4.98 Å². The third kappa shape index (κ3) is 2.11. The van der Waals surface area contributed by atoms with Crippen LogP contribution in [0.2, 0.25) is 0 Å². The van der Waals surface area contributed by atoms with Gasteiger partial charge in [-0.05, 0) is 12.5 Å². The van der Waals surface area contributed by atoms with Gasteiger partial charge in [-0.1, -0.05) is 29.8 Å². The smallest absolute Gasteiger partial charge is 0.358 e. The van der Waals surface area contributed by atoms with Crippen molar-refractivity contribution in [3.8, 4) is 0 Å². The second-order valence-corrected chi connectivity index (χ2v) is 3.60. The lowest BCUT2D eigenvalue weighted by atomic mass is 10.1. The molecule has 0 fully saturated rings. The first-order valence-electron chi connectivity index (χ1n) is 4.88. The molecule has 1 aromatic heterocycles. The van der Waals surface area contributed by atoms with Crippen LogP contribution in [0.15, 0.2) is 35.1 Å². The number of aryl methyl sites for hydroxylation is 1.